The molecular formula is C22H31N3O2. The van der Waals surface area contributed by atoms with Crippen molar-refractivity contribution in [2.75, 3.05) is 13.7 Å². The van der Waals surface area contributed by atoms with Gasteiger partial charge in [-0.3, -0.25) is 9.89 Å². The van der Waals surface area contributed by atoms with E-state index in [0.717, 1.165) is 49.1 Å². The van der Waals surface area contributed by atoms with Crippen molar-refractivity contribution in [3.63, 3.8) is 0 Å². The summed E-state index contributed by atoms with van der Waals surface area (Å²) < 4.78 is 5.25. The monoisotopic (exact) mass is 369 g/mol. The quantitative estimate of drug-likeness (QED) is 0.758. The van der Waals surface area contributed by atoms with Crippen molar-refractivity contribution in [1.82, 2.24) is 15.5 Å². The number of fused-ring (bicyclic) bond motifs is 1. The molecule has 0 radical (unpaired) electrons. The second kappa shape index (κ2) is 8.15. The number of hydrogen-bond acceptors (Lipinski definition) is 3. The van der Waals surface area contributed by atoms with Gasteiger partial charge in [0.25, 0.3) is 5.91 Å². The van der Waals surface area contributed by atoms with Crippen LogP contribution in [0.3, 0.4) is 0 Å². The van der Waals surface area contributed by atoms with Crippen LogP contribution in [0.1, 0.15) is 60.9 Å². The minimum Gasteiger partial charge on any atom is -0.497 e. The van der Waals surface area contributed by atoms with Gasteiger partial charge < -0.3 is 10.1 Å². The standard InChI is InChI=1S/C22H31N3O2/c1-22(2,3)16-10-11-19-18(14-16)20(25-24-19)21(26)23-12-6-8-15-7-5-9-17(13-15)27-4/h5,7,9,13,16H,6,8,10-12,14H2,1-4H3,(H,23,26)(H,24,25)/t16-/m0/s1. The Morgan fingerprint density at radius 1 is 1.37 bits per heavy atom. The van der Waals surface area contributed by atoms with Gasteiger partial charge in [0, 0.05) is 17.8 Å². The summed E-state index contributed by atoms with van der Waals surface area (Å²) in [5.74, 6) is 1.39. The molecule has 3 rings (SSSR count). The highest BCUT2D eigenvalue weighted by Crippen LogP contribution is 2.37. The topological polar surface area (TPSA) is 67.0 Å². The summed E-state index contributed by atoms with van der Waals surface area (Å²) in [7, 11) is 1.67. The number of amides is 1. The molecule has 0 saturated carbocycles. The number of nitrogens with one attached hydrogen (secondary N) is 2. The number of aryl methyl sites for hydroxylation is 2. The van der Waals surface area contributed by atoms with Crippen molar-refractivity contribution in [3.8, 4) is 5.75 Å². The molecule has 2 N–H and O–H groups in total. The van der Waals surface area contributed by atoms with Crippen LogP contribution in [0.2, 0.25) is 0 Å². The number of hydrogen-bond donors (Lipinski definition) is 2. The van der Waals surface area contributed by atoms with Gasteiger partial charge in [-0.25, -0.2) is 0 Å². The van der Waals surface area contributed by atoms with E-state index in [4.69, 9.17) is 4.74 Å². The minimum atomic E-state index is -0.0623. The molecular weight excluding hydrogens is 338 g/mol. The van der Waals surface area contributed by atoms with E-state index in [2.05, 4.69) is 42.4 Å². The van der Waals surface area contributed by atoms with Crippen molar-refractivity contribution >= 4 is 5.91 Å². The molecule has 1 aliphatic carbocycles. The molecule has 0 bridgehead atoms. The van der Waals surface area contributed by atoms with Gasteiger partial charge >= 0.3 is 0 Å². The highest BCUT2D eigenvalue weighted by atomic mass is 16.5. The fraction of sp³-hybridized carbons (Fsp3) is 0.545. The Morgan fingerprint density at radius 3 is 2.93 bits per heavy atom. The number of benzene rings is 1. The van der Waals surface area contributed by atoms with Crippen LogP contribution in [0.5, 0.6) is 5.75 Å². The maximum absolute atomic E-state index is 12.6. The number of nitrogens with zero attached hydrogens (tertiary/aromatic N) is 1. The van der Waals surface area contributed by atoms with Crippen molar-refractivity contribution < 1.29 is 9.53 Å². The van der Waals surface area contributed by atoms with E-state index in [1.54, 1.807) is 7.11 Å². The van der Waals surface area contributed by atoms with E-state index >= 15 is 0 Å². The number of methoxy groups -OCH3 is 1. The molecule has 2 aromatic rings. The number of carbonyl (C=O) groups excluding carboxylic acids is 1. The summed E-state index contributed by atoms with van der Waals surface area (Å²) in [6.07, 6.45) is 4.86. The first-order valence-electron chi connectivity index (χ1n) is 9.85. The fourth-order valence-corrected chi connectivity index (χ4v) is 3.83. The summed E-state index contributed by atoms with van der Waals surface area (Å²) >= 11 is 0. The Kier molecular flexibility index (Phi) is 5.88. The molecule has 0 spiro atoms. The molecule has 1 heterocycles. The zero-order valence-electron chi connectivity index (χ0n) is 16.9. The first-order valence-corrected chi connectivity index (χ1v) is 9.85. The fourth-order valence-electron chi connectivity index (χ4n) is 3.83. The van der Waals surface area contributed by atoms with E-state index < -0.39 is 0 Å². The summed E-state index contributed by atoms with van der Waals surface area (Å²) in [5, 5.41) is 10.4. The second-order valence-electron chi connectivity index (χ2n) is 8.55. The van der Waals surface area contributed by atoms with Crippen LogP contribution in [0.15, 0.2) is 24.3 Å². The molecule has 0 aliphatic heterocycles. The lowest BCUT2D eigenvalue weighted by atomic mass is 9.71. The lowest BCUT2D eigenvalue weighted by Crippen LogP contribution is -2.30. The van der Waals surface area contributed by atoms with Crippen LogP contribution in [-0.2, 0) is 19.3 Å². The van der Waals surface area contributed by atoms with E-state index in [1.807, 2.05) is 18.2 Å². The molecule has 1 amide bonds. The van der Waals surface area contributed by atoms with Crippen LogP contribution in [0, 0.1) is 11.3 Å². The molecule has 1 aliphatic rings. The van der Waals surface area contributed by atoms with Crippen LogP contribution in [0.4, 0.5) is 0 Å². The summed E-state index contributed by atoms with van der Waals surface area (Å²) in [4.78, 5) is 12.6. The number of carbonyl (C=O) groups is 1. The van der Waals surface area contributed by atoms with Gasteiger partial charge in [-0.15, -0.1) is 0 Å². The normalized spacial score (nSPS) is 16.7. The van der Waals surface area contributed by atoms with Crippen LogP contribution in [0.25, 0.3) is 0 Å². The molecule has 1 atom stereocenters. The average Bonchev–Trinajstić information content (AvgIpc) is 3.08. The maximum Gasteiger partial charge on any atom is 0.272 e. The third-order valence-corrected chi connectivity index (χ3v) is 5.65. The van der Waals surface area contributed by atoms with Gasteiger partial charge in [-0.2, -0.15) is 5.10 Å². The van der Waals surface area contributed by atoms with Gasteiger partial charge in [0.2, 0.25) is 0 Å². The van der Waals surface area contributed by atoms with Gasteiger partial charge in [0.05, 0.1) is 7.11 Å². The predicted octanol–water partition coefficient (Wildman–Crippen LogP) is 3.93. The number of aromatic amines is 1. The Labute approximate surface area is 161 Å². The van der Waals surface area contributed by atoms with Crippen molar-refractivity contribution in [2.24, 2.45) is 11.3 Å². The molecule has 0 unspecified atom stereocenters. The van der Waals surface area contributed by atoms with Crippen LogP contribution in [-0.4, -0.2) is 29.8 Å². The van der Waals surface area contributed by atoms with Gasteiger partial charge in [-0.1, -0.05) is 32.9 Å². The molecule has 5 heteroatoms. The number of aromatic nitrogens is 2. The van der Waals surface area contributed by atoms with Crippen molar-refractivity contribution in [3.05, 3.63) is 46.8 Å². The van der Waals surface area contributed by atoms with Crippen molar-refractivity contribution in [1.29, 1.82) is 0 Å². The van der Waals surface area contributed by atoms with Gasteiger partial charge in [0.1, 0.15) is 5.75 Å². The molecule has 1 aromatic heterocycles. The Morgan fingerprint density at radius 2 is 2.19 bits per heavy atom. The Balaban J connectivity index is 1.54. The lowest BCUT2D eigenvalue weighted by molar-refractivity contribution is 0.0946. The molecule has 1 aromatic carbocycles. The smallest absolute Gasteiger partial charge is 0.272 e. The maximum atomic E-state index is 12.6. The molecule has 0 fully saturated rings. The molecule has 146 valence electrons. The van der Waals surface area contributed by atoms with E-state index in [0.29, 0.717) is 18.2 Å². The van der Waals surface area contributed by atoms with Crippen molar-refractivity contribution in [2.45, 2.75) is 52.9 Å². The molecule has 27 heavy (non-hydrogen) atoms. The zero-order valence-corrected chi connectivity index (χ0v) is 16.9. The largest absolute Gasteiger partial charge is 0.497 e. The number of H-pyrrole nitrogens is 1. The van der Waals surface area contributed by atoms with Gasteiger partial charge in [0.15, 0.2) is 5.69 Å². The SMILES string of the molecule is COc1cccc(CCCNC(=O)c2n[nH]c3c2C[C@@H](C(C)(C)C)CC3)c1. The Hall–Kier alpha value is -2.30. The summed E-state index contributed by atoms with van der Waals surface area (Å²) in [5.41, 5.74) is 4.30. The first-order chi connectivity index (χ1) is 12.9. The lowest BCUT2D eigenvalue weighted by Gasteiger charge is -2.33. The molecule has 0 saturated heterocycles. The number of ether oxygens (including phenoxy) is 1. The molecule has 5 nitrogen and oxygen atoms in total. The third kappa shape index (κ3) is 4.71. The highest BCUT2D eigenvalue weighted by Gasteiger charge is 2.32. The van der Waals surface area contributed by atoms with Crippen LogP contribution >= 0.6 is 0 Å². The highest BCUT2D eigenvalue weighted by molar-refractivity contribution is 5.94. The Bertz CT molecular complexity index is 789. The minimum absolute atomic E-state index is 0.0623. The van der Waals surface area contributed by atoms with Gasteiger partial charge in [-0.05, 0) is 61.1 Å². The van der Waals surface area contributed by atoms with E-state index in [1.165, 1.54) is 5.56 Å². The average molecular weight is 370 g/mol. The third-order valence-electron chi connectivity index (χ3n) is 5.65. The predicted molar refractivity (Wildman–Crippen MR) is 107 cm³/mol. The zero-order chi connectivity index (χ0) is 19.4. The van der Waals surface area contributed by atoms with Crippen LogP contribution < -0.4 is 10.1 Å². The summed E-state index contributed by atoms with van der Waals surface area (Å²) in [6.45, 7) is 7.48. The van der Waals surface area contributed by atoms with E-state index in [9.17, 15) is 4.79 Å². The second-order valence-corrected chi connectivity index (χ2v) is 8.55. The van der Waals surface area contributed by atoms with E-state index in [-0.39, 0.29) is 11.3 Å². The number of rotatable bonds is 6. The summed E-state index contributed by atoms with van der Waals surface area (Å²) in [6, 6.07) is 8.06. The first kappa shape index (κ1) is 19.5.